The van der Waals surface area contributed by atoms with Crippen molar-refractivity contribution in [3.63, 3.8) is 0 Å². The Labute approximate surface area is 124 Å². The second-order valence-electron chi connectivity index (χ2n) is 4.37. The molecule has 0 radical (unpaired) electrons. The van der Waals surface area contributed by atoms with Crippen LogP contribution in [0.4, 0.5) is 5.69 Å². The van der Waals surface area contributed by atoms with E-state index in [2.05, 4.69) is 4.72 Å². The summed E-state index contributed by atoms with van der Waals surface area (Å²) >= 11 is 0. The third-order valence-electron chi connectivity index (χ3n) is 2.90. The van der Waals surface area contributed by atoms with E-state index in [-0.39, 0.29) is 11.4 Å². The Morgan fingerprint density at radius 3 is 2.38 bits per heavy atom. The number of nitrogens with one attached hydrogen (secondary N) is 1. The molecule has 3 N–H and O–H groups in total. The number of hydrogen-bond donors (Lipinski definition) is 2. The predicted molar refractivity (Wildman–Crippen MR) is 82.8 cm³/mol. The number of hydrogen-bond acceptors (Lipinski definition) is 4. The Morgan fingerprint density at radius 2 is 1.76 bits per heavy atom. The lowest BCUT2D eigenvalue weighted by atomic mass is 10.2. The zero-order valence-electron chi connectivity index (χ0n) is 11.7. The summed E-state index contributed by atoms with van der Waals surface area (Å²) in [6.45, 7) is 2.62. The fraction of sp³-hybridized carbons (Fsp3) is 0.200. The largest absolute Gasteiger partial charge is 0.494 e. The minimum atomic E-state index is -3.65. The van der Waals surface area contributed by atoms with Gasteiger partial charge in [0, 0.05) is 12.2 Å². The minimum absolute atomic E-state index is 0.167. The van der Waals surface area contributed by atoms with Crippen LogP contribution in [0, 0.1) is 0 Å². The first-order valence-corrected chi connectivity index (χ1v) is 8.09. The van der Waals surface area contributed by atoms with Crippen molar-refractivity contribution in [3.8, 4) is 5.75 Å². The average Bonchev–Trinajstić information content (AvgIpc) is 2.49. The highest BCUT2D eigenvalue weighted by atomic mass is 32.2. The van der Waals surface area contributed by atoms with Crippen LogP contribution in [0.2, 0.25) is 0 Å². The van der Waals surface area contributed by atoms with Gasteiger partial charge in [0.05, 0.1) is 11.5 Å². The van der Waals surface area contributed by atoms with Gasteiger partial charge in [-0.25, -0.2) is 8.42 Å². The van der Waals surface area contributed by atoms with Crippen molar-refractivity contribution in [2.75, 3.05) is 11.3 Å². The number of anilines is 1. The van der Waals surface area contributed by atoms with Crippen molar-refractivity contribution in [1.82, 2.24) is 0 Å². The van der Waals surface area contributed by atoms with Gasteiger partial charge < -0.3 is 10.5 Å². The van der Waals surface area contributed by atoms with E-state index in [1.165, 1.54) is 0 Å². The molecule has 2 aromatic rings. The van der Waals surface area contributed by atoms with Gasteiger partial charge in [-0.1, -0.05) is 18.2 Å². The van der Waals surface area contributed by atoms with E-state index in [0.29, 0.717) is 23.6 Å². The van der Waals surface area contributed by atoms with Crippen molar-refractivity contribution >= 4 is 15.7 Å². The van der Waals surface area contributed by atoms with Crippen molar-refractivity contribution in [3.05, 3.63) is 54.1 Å². The van der Waals surface area contributed by atoms with Crippen LogP contribution < -0.4 is 15.2 Å². The molecule has 0 heterocycles. The van der Waals surface area contributed by atoms with Crippen LogP contribution in [0.3, 0.4) is 0 Å². The summed E-state index contributed by atoms with van der Waals surface area (Å²) in [4.78, 5) is 0.196. The van der Waals surface area contributed by atoms with Crippen molar-refractivity contribution in [1.29, 1.82) is 0 Å². The molecule has 0 bridgehead atoms. The van der Waals surface area contributed by atoms with Gasteiger partial charge in [0.1, 0.15) is 5.75 Å². The number of benzene rings is 2. The van der Waals surface area contributed by atoms with Crippen LogP contribution in [-0.4, -0.2) is 15.0 Å². The molecular formula is C15H18N2O3S. The van der Waals surface area contributed by atoms with Crippen LogP contribution in [0.5, 0.6) is 5.75 Å². The summed E-state index contributed by atoms with van der Waals surface area (Å²) in [5.41, 5.74) is 6.64. The third kappa shape index (κ3) is 3.74. The van der Waals surface area contributed by atoms with E-state index in [1.54, 1.807) is 48.5 Å². The molecule has 2 aromatic carbocycles. The molecule has 2 rings (SSSR count). The highest BCUT2D eigenvalue weighted by Gasteiger charge is 2.17. The average molecular weight is 306 g/mol. The van der Waals surface area contributed by atoms with Gasteiger partial charge >= 0.3 is 0 Å². The van der Waals surface area contributed by atoms with Crippen molar-refractivity contribution < 1.29 is 13.2 Å². The molecule has 0 aliphatic rings. The Kier molecular flexibility index (Phi) is 4.82. The van der Waals surface area contributed by atoms with Crippen molar-refractivity contribution in [2.24, 2.45) is 5.73 Å². The summed E-state index contributed by atoms with van der Waals surface area (Å²) in [7, 11) is -3.65. The Bertz CT molecular complexity index is 697. The summed E-state index contributed by atoms with van der Waals surface area (Å²) < 4.78 is 32.6. The van der Waals surface area contributed by atoms with Gasteiger partial charge in [-0.3, -0.25) is 4.72 Å². The van der Waals surface area contributed by atoms with Crippen LogP contribution in [0.15, 0.2) is 53.4 Å². The number of nitrogens with two attached hydrogens (primary N) is 1. The molecule has 6 heteroatoms. The summed E-state index contributed by atoms with van der Waals surface area (Å²) in [6, 6.07) is 13.4. The van der Waals surface area contributed by atoms with Gasteiger partial charge in [0.2, 0.25) is 0 Å². The Hall–Kier alpha value is -2.05. The van der Waals surface area contributed by atoms with Gasteiger partial charge in [-0.2, -0.15) is 0 Å². The second kappa shape index (κ2) is 6.60. The monoisotopic (exact) mass is 306 g/mol. The van der Waals surface area contributed by atoms with E-state index in [4.69, 9.17) is 10.5 Å². The first-order valence-electron chi connectivity index (χ1n) is 6.60. The lowest BCUT2D eigenvalue weighted by Gasteiger charge is -2.11. The van der Waals surface area contributed by atoms with Gasteiger partial charge in [0.25, 0.3) is 10.0 Å². The molecule has 0 amide bonds. The first-order chi connectivity index (χ1) is 10.1. The molecule has 0 saturated carbocycles. The SMILES string of the molecule is CCOc1ccc(NS(=O)(=O)c2ccccc2CN)cc1. The molecule has 0 aliphatic heterocycles. The fourth-order valence-electron chi connectivity index (χ4n) is 1.93. The molecule has 112 valence electrons. The Balaban J connectivity index is 2.24. The molecule has 0 spiro atoms. The lowest BCUT2D eigenvalue weighted by molar-refractivity contribution is 0.340. The number of rotatable bonds is 6. The number of sulfonamides is 1. The zero-order valence-corrected chi connectivity index (χ0v) is 12.6. The predicted octanol–water partition coefficient (Wildman–Crippen LogP) is 2.34. The second-order valence-corrected chi connectivity index (χ2v) is 6.03. The Morgan fingerprint density at radius 1 is 1.10 bits per heavy atom. The molecule has 0 aliphatic carbocycles. The molecule has 0 unspecified atom stereocenters. The molecule has 0 aromatic heterocycles. The first kappa shape index (κ1) is 15.3. The van der Waals surface area contributed by atoms with E-state index in [9.17, 15) is 8.42 Å². The van der Waals surface area contributed by atoms with E-state index in [1.807, 2.05) is 6.92 Å². The van der Waals surface area contributed by atoms with Gasteiger partial charge in [-0.15, -0.1) is 0 Å². The smallest absolute Gasteiger partial charge is 0.262 e. The van der Waals surface area contributed by atoms with Crippen molar-refractivity contribution in [2.45, 2.75) is 18.4 Å². The fourth-order valence-corrected chi connectivity index (χ4v) is 3.24. The maximum atomic E-state index is 12.4. The highest BCUT2D eigenvalue weighted by Crippen LogP contribution is 2.21. The normalized spacial score (nSPS) is 11.1. The quantitative estimate of drug-likeness (QED) is 0.858. The molecular weight excluding hydrogens is 288 g/mol. The van der Waals surface area contributed by atoms with Crippen LogP contribution in [-0.2, 0) is 16.6 Å². The summed E-state index contributed by atoms with van der Waals surface area (Å²) in [6.07, 6.45) is 0. The van der Waals surface area contributed by atoms with E-state index >= 15 is 0 Å². The van der Waals surface area contributed by atoms with E-state index < -0.39 is 10.0 Å². The van der Waals surface area contributed by atoms with E-state index in [0.717, 1.165) is 0 Å². The summed E-state index contributed by atoms with van der Waals surface area (Å²) in [5.74, 6) is 0.697. The van der Waals surface area contributed by atoms with Gasteiger partial charge in [0.15, 0.2) is 0 Å². The standard InChI is InChI=1S/C15H18N2O3S/c1-2-20-14-9-7-13(8-10-14)17-21(18,19)15-6-4-3-5-12(15)11-16/h3-10,17H,2,11,16H2,1H3. The molecule has 21 heavy (non-hydrogen) atoms. The van der Waals surface area contributed by atoms with Gasteiger partial charge in [-0.05, 0) is 42.8 Å². The maximum absolute atomic E-state index is 12.4. The minimum Gasteiger partial charge on any atom is -0.494 e. The molecule has 0 fully saturated rings. The number of ether oxygens (including phenoxy) is 1. The molecule has 0 saturated heterocycles. The van der Waals surface area contributed by atoms with Crippen LogP contribution in [0.1, 0.15) is 12.5 Å². The zero-order chi connectivity index (χ0) is 15.3. The lowest BCUT2D eigenvalue weighted by Crippen LogP contribution is -2.16. The maximum Gasteiger partial charge on any atom is 0.262 e. The topological polar surface area (TPSA) is 81.4 Å². The summed E-state index contributed by atoms with van der Waals surface area (Å²) in [5, 5.41) is 0. The molecule has 0 atom stereocenters. The van der Waals surface area contributed by atoms with Crippen LogP contribution >= 0.6 is 0 Å². The highest BCUT2D eigenvalue weighted by molar-refractivity contribution is 7.92. The van der Waals surface area contributed by atoms with Crippen LogP contribution in [0.25, 0.3) is 0 Å². The third-order valence-corrected chi connectivity index (χ3v) is 4.38. The molecule has 5 nitrogen and oxygen atoms in total.